The van der Waals surface area contributed by atoms with E-state index in [1.165, 1.54) is 77.0 Å². The molecule has 0 bridgehead atoms. The lowest BCUT2D eigenvalue weighted by Crippen LogP contribution is -2.81. The molecule has 2 aromatic carbocycles. The second kappa shape index (κ2) is 10.4. The summed E-state index contributed by atoms with van der Waals surface area (Å²) in [7, 11) is 0. The minimum atomic E-state index is 0.775. The van der Waals surface area contributed by atoms with Crippen molar-refractivity contribution < 1.29 is 0 Å². The molecular weight excluding hydrogens is 525 g/mol. The Morgan fingerprint density at radius 1 is 0.450 bits per heavy atom. The second-order valence-electron chi connectivity index (χ2n) is 14.3. The minimum absolute atomic E-state index is 0.775. The molecule has 4 aliphatic carbocycles. The Morgan fingerprint density at radius 2 is 0.900 bits per heavy atom. The van der Waals surface area contributed by atoms with Crippen LogP contribution in [0.3, 0.4) is 0 Å². The molecule has 40 heavy (non-hydrogen) atoms. The molecule has 3 saturated heterocycles. The van der Waals surface area contributed by atoms with Gasteiger partial charge in [0.25, 0.3) is 0 Å². The molecule has 3 heterocycles. The maximum Gasteiger partial charge on any atom is 0.0377 e. The van der Waals surface area contributed by atoms with Gasteiger partial charge in [0.05, 0.1) is 0 Å². The molecule has 0 aromatic heterocycles. The van der Waals surface area contributed by atoms with Crippen molar-refractivity contribution in [1.82, 2.24) is 9.80 Å². The van der Waals surface area contributed by atoms with Crippen LogP contribution in [0.2, 0.25) is 0 Å². The molecule has 212 valence electrons. The van der Waals surface area contributed by atoms with Crippen LogP contribution in [0.25, 0.3) is 0 Å². The highest BCUT2D eigenvalue weighted by Crippen LogP contribution is 2.59. The van der Waals surface area contributed by atoms with E-state index in [2.05, 4.69) is 94.0 Å². The highest BCUT2D eigenvalue weighted by molar-refractivity contribution is 8.01. The van der Waals surface area contributed by atoms with Gasteiger partial charge in [-0.1, -0.05) is 73.5 Å². The quantitative estimate of drug-likeness (QED) is 0.360. The van der Waals surface area contributed by atoms with Gasteiger partial charge in [-0.15, -0.1) is 0 Å². The van der Waals surface area contributed by atoms with Crippen LogP contribution in [0.15, 0.2) is 60.7 Å². The lowest BCUT2D eigenvalue weighted by Gasteiger charge is -2.71. The van der Waals surface area contributed by atoms with Crippen LogP contribution in [0.4, 0.5) is 0 Å². The average molecular weight is 571 g/mol. The number of benzene rings is 2. The number of fused-ring (bicyclic) bond motifs is 6. The molecule has 0 N–H and O–H groups in total. The summed E-state index contributed by atoms with van der Waals surface area (Å²) in [5.41, 5.74) is 3.21. The third-order valence-electron chi connectivity index (χ3n) is 12.5. The molecule has 2 aromatic rings. The monoisotopic (exact) mass is 570 g/mol. The van der Waals surface area contributed by atoms with Crippen molar-refractivity contribution in [3.05, 3.63) is 71.8 Å². The maximum atomic E-state index is 3.29. The molecule has 4 heteroatoms. The highest BCUT2D eigenvalue weighted by atomic mass is 32.2. The van der Waals surface area contributed by atoms with Crippen molar-refractivity contribution >= 4 is 23.5 Å². The van der Waals surface area contributed by atoms with Gasteiger partial charge in [0.15, 0.2) is 0 Å². The molecule has 9 rings (SSSR count). The summed E-state index contributed by atoms with van der Waals surface area (Å²) in [6.07, 6.45) is 17.3. The Hall–Kier alpha value is -0.940. The van der Waals surface area contributed by atoms with Crippen LogP contribution >= 0.6 is 23.5 Å². The van der Waals surface area contributed by atoms with E-state index < -0.39 is 0 Å². The summed E-state index contributed by atoms with van der Waals surface area (Å²) in [6, 6.07) is 28.0. The molecule has 2 nitrogen and oxygen atoms in total. The summed E-state index contributed by atoms with van der Waals surface area (Å²) >= 11 is 4.96. The van der Waals surface area contributed by atoms with Crippen LogP contribution < -0.4 is 0 Å². The molecule has 7 fully saturated rings. The fourth-order valence-electron chi connectivity index (χ4n) is 11.0. The smallest absolute Gasteiger partial charge is 0.0377 e. The van der Waals surface area contributed by atoms with E-state index in [0.29, 0.717) is 0 Å². The zero-order valence-electron chi connectivity index (χ0n) is 23.9. The molecule has 12 atom stereocenters. The van der Waals surface area contributed by atoms with E-state index in [1.807, 2.05) is 0 Å². The normalized spacial score (nSPS) is 46.4. The van der Waals surface area contributed by atoms with E-state index in [1.54, 1.807) is 11.1 Å². The lowest BCUT2D eigenvalue weighted by atomic mass is 9.70. The Bertz CT molecular complexity index is 1100. The third-order valence-corrected chi connectivity index (χ3v) is 15.9. The van der Waals surface area contributed by atoms with Gasteiger partial charge in [-0.05, 0) is 87.2 Å². The Balaban J connectivity index is 1.03. The fourth-order valence-corrected chi connectivity index (χ4v) is 15.1. The summed E-state index contributed by atoms with van der Waals surface area (Å²) in [6.45, 7) is 0. The number of hydrogen-bond acceptors (Lipinski definition) is 4. The van der Waals surface area contributed by atoms with Crippen LogP contribution in [0, 0.1) is 0 Å². The summed E-state index contributed by atoms with van der Waals surface area (Å²) < 4.78 is 0. The number of thioether (sulfide) groups is 2. The van der Waals surface area contributed by atoms with E-state index in [9.17, 15) is 0 Å². The van der Waals surface area contributed by atoms with Crippen LogP contribution in [0.5, 0.6) is 0 Å². The highest BCUT2D eigenvalue weighted by Gasteiger charge is 2.63. The zero-order valence-corrected chi connectivity index (χ0v) is 25.5. The van der Waals surface area contributed by atoms with Gasteiger partial charge in [0, 0.05) is 57.3 Å². The Morgan fingerprint density at radius 3 is 1.35 bits per heavy atom. The van der Waals surface area contributed by atoms with Gasteiger partial charge in [0.2, 0.25) is 0 Å². The van der Waals surface area contributed by atoms with Gasteiger partial charge >= 0.3 is 0 Å². The standard InChI is InChI=1S/C36H46N2S2/c1-3-9-23(10-4-1)25-17-19-27-33(21-25)39-31-15-7-14-30-35(31)37(27)29-13-8-16-32-36(29)38(30)28-20-18-26(22-34(28)40-32)24-11-5-2-6-12-24/h1-6,9-12,25-36H,7-8,13-22H2. The predicted molar refractivity (Wildman–Crippen MR) is 171 cm³/mol. The van der Waals surface area contributed by atoms with Gasteiger partial charge in [0.1, 0.15) is 0 Å². The summed E-state index contributed by atoms with van der Waals surface area (Å²) in [4.78, 5) is 6.58. The maximum absolute atomic E-state index is 3.29. The fraction of sp³-hybridized carbons (Fsp3) is 0.667. The topological polar surface area (TPSA) is 6.48 Å². The molecule has 7 aliphatic rings. The van der Waals surface area contributed by atoms with Crippen LogP contribution in [-0.2, 0) is 0 Å². The zero-order chi connectivity index (χ0) is 26.2. The SMILES string of the molecule is c1ccc(C2CCC3C(C2)SC2CCCC4C2N3C2CCCC3SC5CC(c6ccccc6)CCC5N4C32)cc1. The Kier molecular flexibility index (Phi) is 6.61. The number of rotatable bonds is 2. The van der Waals surface area contributed by atoms with Gasteiger partial charge in [-0.2, -0.15) is 23.5 Å². The first-order chi connectivity index (χ1) is 19.8. The number of nitrogens with zero attached hydrogens (tertiary/aromatic N) is 2. The first-order valence-corrected chi connectivity index (χ1v) is 18.7. The third kappa shape index (κ3) is 4.05. The van der Waals surface area contributed by atoms with Crippen molar-refractivity contribution in [3.8, 4) is 0 Å². The van der Waals surface area contributed by atoms with Crippen LogP contribution in [0.1, 0.15) is 100 Å². The second-order valence-corrected chi connectivity index (χ2v) is 17.2. The van der Waals surface area contributed by atoms with Gasteiger partial charge < -0.3 is 0 Å². The first kappa shape index (κ1) is 25.5. The molecule has 0 spiro atoms. The summed E-state index contributed by atoms with van der Waals surface area (Å²) in [5, 5.41) is 3.42. The van der Waals surface area contributed by atoms with Crippen molar-refractivity contribution in [2.24, 2.45) is 0 Å². The van der Waals surface area contributed by atoms with Gasteiger partial charge in [-0.25, -0.2) is 0 Å². The lowest BCUT2D eigenvalue weighted by molar-refractivity contribution is -0.138. The minimum Gasteiger partial charge on any atom is -0.289 e. The molecule has 0 radical (unpaired) electrons. The van der Waals surface area contributed by atoms with Crippen molar-refractivity contribution in [3.63, 3.8) is 0 Å². The van der Waals surface area contributed by atoms with Crippen molar-refractivity contribution in [1.29, 1.82) is 0 Å². The van der Waals surface area contributed by atoms with Crippen molar-refractivity contribution in [2.75, 3.05) is 0 Å². The molecule has 3 aliphatic heterocycles. The van der Waals surface area contributed by atoms with E-state index >= 15 is 0 Å². The van der Waals surface area contributed by atoms with E-state index in [4.69, 9.17) is 0 Å². The van der Waals surface area contributed by atoms with Crippen LogP contribution in [-0.4, -0.2) is 67.1 Å². The molecular formula is C36H46N2S2. The average Bonchev–Trinajstić information content (AvgIpc) is 3.02. The van der Waals surface area contributed by atoms with Crippen molar-refractivity contribution in [2.45, 2.75) is 146 Å². The molecule has 12 unspecified atom stereocenters. The predicted octanol–water partition coefficient (Wildman–Crippen LogP) is 8.09. The summed E-state index contributed by atoms with van der Waals surface area (Å²) in [5.74, 6) is 1.55. The first-order valence-electron chi connectivity index (χ1n) is 16.8. The molecule has 4 saturated carbocycles. The van der Waals surface area contributed by atoms with E-state index in [-0.39, 0.29) is 0 Å². The van der Waals surface area contributed by atoms with E-state index in [0.717, 1.165) is 69.1 Å². The number of piperazine rings is 1. The largest absolute Gasteiger partial charge is 0.289 e. The Labute approximate surface area is 250 Å². The number of hydrogen-bond donors (Lipinski definition) is 0. The molecule has 0 amide bonds. The van der Waals surface area contributed by atoms with Gasteiger partial charge in [-0.3, -0.25) is 9.80 Å².